The molecule has 0 atom stereocenters. The van der Waals surface area contributed by atoms with Crippen molar-refractivity contribution in [2.24, 2.45) is 0 Å². The van der Waals surface area contributed by atoms with Gasteiger partial charge in [-0.3, -0.25) is 9.78 Å². The van der Waals surface area contributed by atoms with Crippen molar-refractivity contribution < 1.29 is 13.2 Å². The van der Waals surface area contributed by atoms with E-state index in [1.54, 1.807) is 24.5 Å². The first-order chi connectivity index (χ1) is 14.3. The van der Waals surface area contributed by atoms with Crippen LogP contribution >= 0.6 is 11.6 Å². The van der Waals surface area contributed by atoms with Gasteiger partial charge in [-0.2, -0.15) is 4.31 Å². The summed E-state index contributed by atoms with van der Waals surface area (Å²) in [6.45, 7) is 2.02. The molecule has 8 heteroatoms. The van der Waals surface area contributed by atoms with Gasteiger partial charge in [0.1, 0.15) is 0 Å². The summed E-state index contributed by atoms with van der Waals surface area (Å²) in [5, 5.41) is 3.20. The van der Waals surface area contributed by atoms with Gasteiger partial charge in [-0.05, 0) is 54.4 Å². The van der Waals surface area contributed by atoms with E-state index in [1.165, 1.54) is 28.6 Å². The Hall–Kier alpha value is -2.74. The first-order valence-corrected chi connectivity index (χ1v) is 11.1. The molecule has 0 aliphatic rings. The van der Waals surface area contributed by atoms with E-state index in [0.29, 0.717) is 11.6 Å². The minimum atomic E-state index is -3.90. The number of hydrogen-bond acceptors (Lipinski definition) is 4. The molecule has 0 saturated heterocycles. The maximum Gasteiger partial charge on any atom is 0.243 e. The lowest BCUT2D eigenvalue weighted by Gasteiger charge is -2.22. The van der Waals surface area contributed by atoms with Gasteiger partial charge in [-0.15, -0.1) is 0 Å². The van der Waals surface area contributed by atoms with Crippen molar-refractivity contribution in [2.75, 3.05) is 6.54 Å². The quantitative estimate of drug-likeness (QED) is 0.577. The van der Waals surface area contributed by atoms with Gasteiger partial charge in [0.2, 0.25) is 15.9 Å². The summed E-state index contributed by atoms with van der Waals surface area (Å²) in [6.07, 6.45) is 3.27. The number of nitrogens with one attached hydrogen (secondary N) is 1. The molecule has 6 nitrogen and oxygen atoms in total. The van der Waals surface area contributed by atoms with Crippen LogP contribution in [0.15, 0.2) is 78.0 Å². The van der Waals surface area contributed by atoms with E-state index in [4.69, 9.17) is 11.6 Å². The number of aromatic nitrogens is 1. The average Bonchev–Trinajstić information content (AvgIpc) is 2.74. The van der Waals surface area contributed by atoms with Crippen LogP contribution in [0, 0.1) is 6.92 Å². The van der Waals surface area contributed by atoms with Crippen LogP contribution in [-0.4, -0.2) is 30.2 Å². The van der Waals surface area contributed by atoms with Crippen molar-refractivity contribution in [3.8, 4) is 0 Å². The van der Waals surface area contributed by atoms with E-state index in [-0.39, 0.29) is 18.0 Å². The molecule has 30 heavy (non-hydrogen) atoms. The fraction of sp³-hybridized carbons (Fsp3) is 0.182. The summed E-state index contributed by atoms with van der Waals surface area (Å²) >= 11 is 5.89. The minimum absolute atomic E-state index is 0.0773. The molecule has 1 N–H and O–H groups in total. The second-order valence-corrected chi connectivity index (χ2v) is 9.22. The normalized spacial score (nSPS) is 11.4. The van der Waals surface area contributed by atoms with Gasteiger partial charge in [0, 0.05) is 30.5 Å². The van der Waals surface area contributed by atoms with Gasteiger partial charge in [0.25, 0.3) is 0 Å². The highest BCUT2D eigenvalue weighted by Crippen LogP contribution is 2.20. The van der Waals surface area contributed by atoms with Crippen LogP contribution in [-0.2, 0) is 27.9 Å². The monoisotopic (exact) mass is 443 g/mol. The van der Waals surface area contributed by atoms with Crippen LogP contribution in [0.2, 0.25) is 5.02 Å². The molecule has 2 aromatic carbocycles. The maximum atomic E-state index is 13.2. The van der Waals surface area contributed by atoms with Gasteiger partial charge in [-0.1, -0.05) is 41.4 Å². The molecular formula is C22H22ClN3O3S. The molecule has 1 amide bonds. The molecule has 0 radical (unpaired) electrons. The van der Waals surface area contributed by atoms with E-state index in [1.807, 2.05) is 31.2 Å². The minimum Gasteiger partial charge on any atom is -0.351 e. The lowest BCUT2D eigenvalue weighted by Crippen LogP contribution is -2.40. The topological polar surface area (TPSA) is 79.4 Å². The van der Waals surface area contributed by atoms with E-state index < -0.39 is 15.9 Å². The summed E-state index contributed by atoms with van der Waals surface area (Å²) in [5.74, 6) is -0.392. The van der Waals surface area contributed by atoms with Crippen molar-refractivity contribution >= 4 is 27.5 Å². The summed E-state index contributed by atoms with van der Waals surface area (Å²) < 4.78 is 27.6. The zero-order valence-electron chi connectivity index (χ0n) is 16.5. The van der Waals surface area contributed by atoms with E-state index in [0.717, 1.165) is 16.7 Å². The molecule has 156 valence electrons. The standard InChI is InChI=1S/C22H22ClN3O3S/c1-17-2-4-19(5-3-17)15-26(30(28,29)21-8-6-20(23)7-9-21)16-22(27)25-14-18-10-12-24-13-11-18/h2-13H,14-16H2,1H3,(H,25,27). The largest absolute Gasteiger partial charge is 0.351 e. The number of sulfonamides is 1. The average molecular weight is 444 g/mol. The first-order valence-electron chi connectivity index (χ1n) is 9.31. The molecule has 0 bridgehead atoms. The number of nitrogens with zero attached hydrogens (tertiary/aromatic N) is 2. The molecule has 0 aliphatic heterocycles. The Balaban J connectivity index is 1.80. The van der Waals surface area contributed by atoms with E-state index >= 15 is 0 Å². The molecule has 0 saturated carbocycles. The Kier molecular flexibility index (Phi) is 7.20. The fourth-order valence-electron chi connectivity index (χ4n) is 2.80. The van der Waals surface area contributed by atoms with Crippen LogP contribution < -0.4 is 5.32 Å². The number of carbonyl (C=O) groups is 1. The van der Waals surface area contributed by atoms with Gasteiger partial charge in [-0.25, -0.2) is 8.42 Å². The van der Waals surface area contributed by atoms with Gasteiger partial charge >= 0.3 is 0 Å². The van der Waals surface area contributed by atoms with Crippen LogP contribution in [0.1, 0.15) is 16.7 Å². The fourth-order valence-corrected chi connectivity index (χ4v) is 4.31. The summed E-state index contributed by atoms with van der Waals surface area (Å²) in [6, 6.07) is 17.0. The van der Waals surface area contributed by atoms with Gasteiger partial charge < -0.3 is 5.32 Å². The third-order valence-corrected chi connectivity index (χ3v) is 6.55. The molecule has 0 aliphatic carbocycles. The van der Waals surface area contributed by atoms with Crippen LogP contribution in [0.5, 0.6) is 0 Å². The van der Waals surface area contributed by atoms with E-state index in [9.17, 15) is 13.2 Å². The third kappa shape index (κ3) is 5.89. The molecule has 1 heterocycles. The highest BCUT2D eigenvalue weighted by Gasteiger charge is 2.27. The molecule has 3 rings (SSSR count). The summed E-state index contributed by atoms with van der Waals surface area (Å²) in [7, 11) is -3.90. The molecule has 3 aromatic rings. The van der Waals surface area contributed by atoms with Gasteiger partial charge in [0.05, 0.1) is 11.4 Å². The maximum absolute atomic E-state index is 13.2. The number of benzene rings is 2. The van der Waals surface area contributed by atoms with Crippen LogP contribution in [0.25, 0.3) is 0 Å². The zero-order chi connectivity index (χ0) is 21.6. The second-order valence-electron chi connectivity index (χ2n) is 6.84. The van der Waals surface area contributed by atoms with Gasteiger partial charge in [0.15, 0.2) is 0 Å². The molecule has 0 spiro atoms. The number of halogens is 1. The lowest BCUT2D eigenvalue weighted by molar-refractivity contribution is -0.121. The first kappa shape index (κ1) is 22.0. The number of hydrogen-bond donors (Lipinski definition) is 1. The van der Waals surface area contributed by atoms with Crippen LogP contribution in [0.3, 0.4) is 0 Å². The third-order valence-electron chi connectivity index (χ3n) is 4.49. The van der Waals surface area contributed by atoms with Crippen molar-refractivity contribution in [2.45, 2.75) is 24.9 Å². The summed E-state index contributed by atoms with van der Waals surface area (Å²) in [4.78, 5) is 16.6. The number of amides is 1. The van der Waals surface area contributed by atoms with Crippen molar-refractivity contribution in [3.05, 3.63) is 94.8 Å². The molecule has 0 unspecified atom stereocenters. The zero-order valence-corrected chi connectivity index (χ0v) is 18.0. The van der Waals surface area contributed by atoms with E-state index in [2.05, 4.69) is 10.3 Å². The molecular weight excluding hydrogens is 422 g/mol. The Labute approximate surface area is 181 Å². The van der Waals surface area contributed by atoms with Crippen molar-refractivity contribution in [3.63, 3.8) is 0 Å². The lowest BCUT2D eigenvalue weighted by atomic mass is 10.1. The van der Waals surface area contributed by atoms with Crippen LogP contribution in [0.4, 0.5) is 0 Å². The Morgan fingerprint density at radius 2 is 1.60 bits per heavy atom. The Morgan fingerprint density at radius 1 is 0.967 bits per heavy atom. The second kappa shape index (κ2) is 9.84. The van der Waals surface area contributed by atoms with Crippen molar-refractivity contribution in [1.82, 2.24) is 14.6 Å². The smallest absolute Gasteiger partial charge is 0.243 e. The Bertz CT molecular complexity index is 1090. The number of aryl methyl sites for hydroxylation is 1. The molecule has 0 fully saturated rings. The SMILES string of the molecule is Cc1ccc(CN(CC(=O)NCc2ccncc2)S(=O)(=O)c2ccc(Cl)cc2)cc1. The Morgan fingerprint density at radius 3 is 2.23 bits per heavy atom. The molecule has 1 aromatic heterocycles. The number of carbonyl (C=O) groups excluding carboxylic acids is 1. The summed E-state index contributed by atoms with van der Waals surface area (Å²) in [5.41, 5.74) is 2.74. The highest BCUT2D eigenvalue weighted by molar-refractivity contribution is 7.89. The number of rotatable bonds is 8. The predicted octanol–water partition coefficient (Wildman–Crippen LogP) is 3.55. The number of pyridine rings is 1. The highest BCUT2D eigenvalue weighted by atomic mass is 35.5. The predicted molar refractivity (Wildman–Crippen MR) is 116 cm³/mol. The van der Waals surface area contributed by atoms with Crippen molar-refractivity contribution in [1.29, 1.82) is 0 Å².